The molecule has 0 bridgehead atoms. The Labute approximate surface area is 169 Å². The highest BCUT2D eigenvalue weighted by Gasteiger charge is 2.46. The van der Waals surface area contributed by atoms with Gasteiger partial charge in [0.05, 0.1) is 19.5 Å². The maximum Gasteiger partial charge on any atom is 0.334 e. The summed E-state index contributed by atoms with van der Waals surface area (Å²) in [7, 11) is 1.53. The Morgan fingerprint density at radius 2 is 2.17 bits per heavy atom. The summed E-state index contributed by atoms with van der Waals surface area (Å²) in [6.07, 6.45) is -0.999. The topological polar surface area (TPSA) is 178 Å². The molecule has 0 unspecified atom stereocenters. The minimum absolute atomic E-state index is 0.0929. The molecule has 158 valence electrons. The molecule has 12 nitrogen and oxygen atoms in total. The van der Waals surface area contributed by atoms with Crippen molar-refractivity contribution < 1.29 is 29.6 Å². The number of aliphatic carboxylic acids is 1. The number of carboxylic acid groups (broad SMARTS) is 1. The largest absolute Gasteiger partial charge is 0.508 e. The number of phenols is 1. The van der Waals surface area contributed by atoms with Crippen LogP contribution in [-0.2, 0) is 16.1 Å². The number of aromatic hydroxyl groups is 1. The maximum atomic E-state index is 11.3. The van der Waals surface area contributed by atoms with Gasteiger partial charge in [-0.15, -0.1) is 0 Å². The van der Waals surface area contributed by atoms with Gasteiger partial charge in [-0.2, -0.15) is 0 Å². The van der Waals surface area contributed by atoms with Gasteiger partial charge < -0.3 is 35.8 Å². The molecule has 1 aromatic carbocycles. The number of hydrogen-bond donors (Lipinski definition) is 5. The van der Waals surface area contributed by atoms with Crippen LogP contribution in [0.1, 0.15) is 11.8 Å². The predicted molar refractivity (Wildman–Crippen MR) is 103 cm³/mol. The normalized spacial score (nSPS) is 23.6. The predicted octanol–water partition coefficient (Wildman–Crippen LogP) is -0.177. The lowest BCUT2D eigenvalue weighted by Crippen LogP contribution is -2.43. The number of fused-ring (bicyclic) bond motifs is 1. The number of aromatic nitrogens is 4. The third kappa shape index (κ3) is 3.36. The molecule has 0 amide bonds. The first-order valence-corrected chi connectivity index (χ1v) is 9.00. The van der Waals surface area contributed by atoms with Crippen LogP contribution in [0, 0.1) is 0 Å². The molecule has 1 aliphatic heterocycles. The van der Waals surface area contributed by atoms with E-state index in [0.717, 1.165) is 0 Å². The van der Waals surface area contributed by atoms with Crippen LogP contribution < -0.4 is 15.8 Å². The zero-order chi connectivity index (χ0) is 21.4. The molecule has 1 aliphatic rings. The number of rotatable bonds is 6. The average Bonchev–Trinajstić information content (AvgIpc) is 3.29. The second-order valence-electron chi connectivity index (χ2n) is 6.75. The van der Waals surface area contributed by atoms with E-state index in [9.17, 15) is 20.1 Å². The van der Waals surface area contributed by atoms with Crippen molar-refractivity contribution in [3.8, 4) is 11.5 Å². The van der Waals surface area contributed by atoms with E-state index in [4.69, 9.17) is 15.2 Å². The summed E-state index contributed by atoms with van der Waals surface area (Å²) in [6.45, 7) is 0.233. The van der Waals surface area contributed by atoms with E-state index < -0.39 is 30.4 Å². The number of phenolic OH excluding ortho intramolecular Hbond substituents is 1. The molecule has 30 heavy (non-hydrogen) atoms. The molecule has 12 heteroatoms. The summed E-state index contributed by atoms with van der Waals surface area (Å²) >= 11 is 0. The van der Waals surface area contributed by atoms with E-state index in [0.29, 0.717) is 28.3 Å². The molecule has 4 rings (SSSR count). The lowest BCUT2D eigenvalue weighted by atomic mass is 10.1. The number of nitrogens with zero attached hydrogens (tertiary/aromatic N) is 4. The first-order valence-electron chi connectivity index (χ1n) is 9.00. The Balaban J connectivity index is 1.61. The van der Waals surface area contributed by atoms with E-state index in [1.807, 2.05) is 0 Å². The number of aliphatic hydroxyl groups is 1. The maximum absolute atomic E-state index is 11.3. The van der Waals surface area contributed by atoms with Crippen LogP contribution in [0.4, 0.5) is 5.82 Å². The average molecular weight is 416 g/mol. The summed E-state index contributed by atoms with van der Waals surface area (Å²) < 4.78 is 12.0. The van der Waals surface area contributed by atoms with E-state index in [2.05, 4.69) is 20.3 Å². The molecule has 2 aromatic heterocycles. The number of aliphatic hydroxyl groups excluding tert-OH is 1. The second kappa shape index (κ2) is 7.74. The fourth-order valence-electron chi connectivity index (χ4n) is 3.32. The highest BCUT2D eigenvalue weighted by molar-refractivity contribution is 5.82. The fraction of sp³-hybridized carbons (Fsp3) is 0.333. The quantitative estimate of drug-likeness (QED) is 0.360. The van der Waals surface area contributed by atoms with Crippen molar-refractivity contribution in [2.75, 3.05) is 12.4 Å². The fourth-order valence-corrected chi connectivity index (χ4v) is 3.32. The smallest absolute Gasteiger partial charge is 0.334 e. The first kappa shape index (κ1) is 19.8. The van der Waals surface area contributed by atoms with Gasteiger partial charge in [0, 0.05) is 12.1 Å². The first-order chi connectivity index (χ1) is 14.4. The van der Waals surface area contributed by atoms with Crippen molar-refractivity contribution in [2.45, 2.75) is 31.0 Å². The molecular weight excluding hydrogens is 396 g/mol. The SMILES string of the molecule is COc1ccc(O)c(CNc2ncnc3c2ncn3[C@@H]2O[C@H](C(=O)O)[C@@H](N)[C@H]2O)c1. The van der Waals surface area contributed by atoms with Crippen molar-refractivity contribution in [2.24, 2.45) is 5.73 Å². The zero-order valence-electron chi connectivity index (χ0n) is 15.8. The lowest BCUT2D eigenvalue weighted by molar-refractivity contribution is -0.152. The van der Waals surface area contributed by atoms with Crippen molar-refractivity contribution >= 4 is 23.0 Å². The van der Waals surface area contributed by atoms with Crippen LogP contribution in [0.3, 0.4) is 0 Å². The minimum atomic E-state index is -1.35. The highest BCUT2D eigenvalue weighted by Crippen LogP contribution is 2.32. The molecule has 3 aromatic rings. The van der Waals surface area contributed by atoms with E-state index in [1.165, 1.54) is 30.4 Å². The number of methoxy groups -OCH3 is 1. The van der Waals surface area contributed by atoms with Crippen molar-refractivity contribution in [1.82, 2.24) is 19.5 Å². The molecule has 0 saturated carbocycles. The number of imidazole rings is 1. The second-order valence-corrected chi connectivity index (χ2v) is 6.75. The van der Waals surface area contributed by atoms with E-state index in [1.54, 1.807) is 12.1 Å². The summed E-state index contributed by atoms with van der Waals surface area (Å²) in [5, 5.41) is 32.7. The van der Waals surface area contributed by atoms with Crippen LogP contribution in [0.2, 0.25) is 0 Å². The Bertz CT molecular complexity index is 1090. The number of benzene rings is 1. The van der Waals surface area contributed by atoms with Crippen molar-refractivity contribution in [3.05, 3.63) is 36.4 Å². The van der Waals surface area contributed by atoms with Gasteiger partial charge in [-0.05, 0) is 18.2 Å². The van der Waals surface area contributed by atoms with Gasteiger partial charge in [0.1, 0.15) is 23.9 Å². The Kier molecular flexibility index (Phi) is 5.11. The van der Waals surface area contributed by atoms with E-state index >= 15 is 0 Å². The van der Waals surface area contributed by atoms with Gasteiger partial charge in [0.15, 0.2) is 29.3 Å². The zero-order valence-corrected chi connectivity index (χ0v) is 15.8. The van der Waals surface area contributed by atoms with Gasteiger partial charge in [-0.1, -0.05) is 0 Å². The van der Waals surface area contributed by atoms with Crippen molar-refractivity contribution in [3.63, 3.8) is 0 Å². The molecule has 6 N–H and O–H groups in total. The number of nitrogens with one attached hydrogen (secondary N) is 1. The van der Waals surface area contributed by atoms with Crippen LogP contribution >= 0.6 is 0 Å². The van der Waals surface area contributed by atoms with Gasteiger partial charge >= 0.3 is 5.97 Å². The molecule has 4 atom stereocenters. The summed E-state index contributed by atoms with van der Waals surface area (Å²) in [4.78, 5) is 23.9. The van der Waals surface area contributed by atoms with E-state index in [-0.39, 0.29) is 12.3 Å². The Morgan fingerprint density at radius 1 is 1.37 bits per heavy atom. The van der Waals surface area contributed by atoms with Gasteiger partial charge in [0.25, 0.3) is 0 Å². The molecule has 0 aliphatic carbocycles. The van der Waals surface area contributed by atoms with Gasteiger partial charge in [0.2, 0.25) is 0 Å². The number of ether oxygens (including phenoxy) is 2. The molecule has 1 fully saturated rings. The Hall–Kier alpha value is -3.48. The Morgan fingerprint density at radius 3 is 2.87 bits per heavy atom. The van der Waals surface area contributed by atoms with Gasteiger partial charge in [-0.25, -0.2) is 19.7 Å². The summed E-state index contributed by atoms with van der Waals surface area (Å²) in [5.41, 5.74) is 7.07. The van der Waals surface area contributed by atoms with Crippen molar-refractivity contribution in [1.29, 1.82) is 0 Å². The molecule has 0 spiro atoms. The number of nitrogens with two attached hydrogens (primary N) is 1. The number of anilines is 1. The van der Waals surface area contributed by atoms with Gasteiger partial charge in [-0.3, -0.25) is 4.57 Å². The molecule has 0 radical (unpaired) electrons. The lowest BCUT2D eigenvalue weighted by Gasteiger charge is -2.16. The highest BCUT2D eigenvalue weighted by atomic mass is 16.6. The van der Waals surface area contributed by atoms with Crippen LogP contribution in [0.15, 0.2) is 30.9 Å². The molecule has 1 saturated heterocycles. The van der Waals surface area contributed by atoms with Crippen LogP contribution in [0.5, 0.6) is 11.5 Å². The summed E-state index contributed by atoms with van der Waals surface area (Å²) in [5.74, 6) is -0.190. The third-order valence-electron chi connectivity index (χ3n) is 4.93. The standard InChI is InChI=1S/C18H20N6O6/c1-29-9-2-3-10(25)8(4-9)5-20-15-12-16(22-6-21-15)24(7-23-12)17-13(26)11(19)14(30-17)18(27)28/h2-4,6-7,11,13-14,17,25-26H,5,19H2,1H3,(H,27,28)(H,20,21,22)/t11-,13+,14-,17+/m0/s1. The monoisotopic (exact) mass is 416 g/mol. The summed E-state index contributed by atoms with van der Waals surface area (Å²) in [6, 6.07) is 3.77. The minimum Gasteiger partial charge on any atom is -0.508 e. The number of carbonyl (C=O) groups is 1. The molecule has 3 heterocycles. The molecular formula is C18H20N6O6. The third-order valence-corrected chi connectivity index (χ3v) is 4.93. The van der Waals surface area contributed by atoms with Crippen LogP contribution in [0.25, 0.3) is 11.2 Å². The number of hydrogen-bond acceptors (Lipinski definition) is 10. The van der Waals surface area contributed by atoms with Crippen LogP contribution in [-0.4, -0.2) is 66.2 Å². The number of carboxylic acids is 1.